The number of nitrogens with one attached hydrogen (secondary N) is 1. The van der Waals surface area contributed by atoms with Gasteiger partial charge in [0.1, 0.15) is 12.4 Å². The Kier molecular flexibility index (Phi) is 3.97. The Morgan fingerprint density at radius 3 is 2.81 bits per heavy atom. The number of fused-ring (bicyclic) bond motifs is 1. The van der Waals surface area contributed by atoms with Gasteiger partial charge < -0.3 is 19.5 Å². The van der Waals surface area contributed by atoms with E-state index in [1.807, 2.05) is 43.4 Å². The second-order valence-corrected chi connectivity index (χ2v) is 5.08. The minimum absolute atomic E-state index is 0.0972. The Morgan fingerprint density at radius 2 is 2.00 bits per heavy atom. The van der Waals surface area contributed by atoms with Crippen LogP contribution < -0.4 is 19.5 Å². The molecule has 1 heterocycles. The number of hydrogen-bond acceptors (Lipinski definition) is 4. The lowest BCUT2D eigenvalue weighted by Gasteiger charge is -2.18. The van der Waals surface area contributed by atoms with Crippen molar-refractivity contribution in [3.8, 4) is 17.2 Å². The van der Waals surface area contributed by atoms with Crippen LogP contribution in [0.1, 0.15) is 17.2 Å². The van der Waals surface area contributed by atoms with Crippen LogP contribution >= 0.6 is 0 Å². The van der Waals surface area contributed by atoms with Gasteiger partial charge in [-0.15, -0.1) is 0 Å². The predicted molar refractivity (Wildman–Crippen MR) is 81.0 cm³/mol. The third kappa shape index (κ3) is 3.11. The van der Waals surface area contributed by atoms with Crippen molar-refractivity contribution in [3.63, 3.8) is 0 Å². The Balaban J connectivity index is 1.70. The van der Waals surface area contributed by atoms with Crippen LogP contribution in [0.5, 0.6) is 17.2 Å². The van der Waals surface area contributed by atoms with Gasteiger partial charge in [0.05, 0.1) is 6.04 Å². The van der Waals surface area contributed by atoms with Gasteiger partial charge in [0.15, 0.2) is 11.5 Å². The molecule has 4 heteroatoms. The van der Waals surface area contributed by atoms with Crippen molar-refractivity contribution >= 4 is 0 Å². The Hall–Kier alpha value is -2.20. The fourth-order valence-electron chi connectivity index (χ4n) is 2.36. The van der Waals surface area contributed by atoms with Crippen molar-refractivity contribution in [3.05, 3.63) is 53.6 Å². The molecule has 1 unspecified atom stereocenters. The molecule has 1 N–H and O–H groups in total. The Bertz CT molecular complexity index is 627. The number of likely N-dealkylation sites (N-methyl/N-ethyl adjacent to an activating group) is 1. The molecule has 0 saturated heterocycles. The van der Waals surface area contributed by atoms with Crippen LogP contribution in [0.15, 0.2) is 42.5 Å². The third-order valence-corrected chi connectivity index (χ3v) is 3.55. The highest BCUT2D eigenvalue weighted by Crippen LogP contribution is 2.34. The Morgan fingerprint density at radius 1 is 1.14 bits per heavy atom. The molecule has 1 aliphatic rings. The van der Waals surface area contributed by atoms with E-state index in [0.29, 0.717) is 13.4 Å². The van der Waals surface area contributed by atoms with Crippen molar-refractivity contribution in [2.24, 2.45) is 0 Å². The van der Waals surface area contributed by atoms with Crippen molar-refractivity contribution < 1.29 is 14.2 Å². The third-order valence-electron chi connectivity index (χ3n) is 3.55. The molecule has 0 fully saturated rings. The highest BCUT2D eigenvalue weighted by Gasteiger charge is 2.17. The molecule has 3 rings (SSSR count). The highest BCUT2D eigenvalue weighted by molar-refractivity contribution is 5.45. The monoisotopic (exact) mass is 285 g/mol. The first-order chi connectivity index (χ1) is 10.3. The summed E-state index contributed by atoms with van der Waals surface area (Å²) < 4.78 is 16.6. The lowest BCUT2D eigenvalue weighted by Crippen LogP contribution is -2.23. The molecule has 2 aromatic rings. The summed E-state index contributed by atoms with van der Waals surface area (Å²) in [6.45, 7) is 2.91. The molecule has 110 valence electrons. The summed E-state index contributed by atoms with van der Waals surface area (Å²) in [5.41, 5.74) is 2.31. The van der Waals surface area contributed by atoms with Gasteiger partial charge in [-0.25, -0.2) is 0 Å². The van der Waals surface area contributed by atoms with E-state index in [1.54, 1.807) is 0 Å². The van der Waals surface area contributed by atoms with Crippen LogP contribution in [0, 0.1) is 6.92 Å². The molecule has 4 nitrogen and oxygen atoms in total. The summed E-state index contributed by atoms with van der Waals surface area (Å²) in [5, 5.41) is 3.27. The minimum Gasteiger partial charge on any atom is -0.492 e. The zero-order chi connectivity index (χ0) is 14.7. The average Bonchev–Trinajstić information content (AvgIpc) is 2.95. The molecule has 0 bridgehead atoms. The number of hydrogen-bond donors (Lipinski definition) is 1. The van der Waals surface area contributed by atoms with E-state index in [-0.39, 0.29) is 6.04 Å². The topological polar surface area (TPSA) is 39.7 Å². The van der Waals surface area contributed by atoms with Crippen molar-refractivity contribution in [2.75, 3.05) is 20.4 Å². The fraction of sp³-hybridized carbons (Fsp3) is 0.294. The van der Waals surface area contributed by atoms with E-state index in [2.05, 4.69) is 18.3 Å². The lowest BCUT2D eigenvalue weighted by molar-refractivity contribution is 0.174. The normalized spacial score (nSPS) is 14.0. The van der Waals surface area contributed by atoms with E-state index in [4.69, 9.17) is 14.2 Å². The van der Waals surface area contributed by atoms with Gasteiger partial charge in [-0.1, -0.05) is 18.2 Å². The molecule has 0 aromatic heterocycles. The molecule has 0 aliphatic carbocycles. The highest BCUT2D eigenvalue weighted by atomic mass is 16.7. The summed E-state index contributed by atoms with van der Waals surface area (Å²) in [7, 11) is 1.93. The van der Waals surface area contributed by atoms with Crippen LogP contribution in [-0.2, 0) is 0 Å². The van der Waals surface area contributed by atoms with E-state index < -0.39 is 0 Å². The van der Waals surface area contributed by atoms with Crippen LogP contribution in [-0.4, -0.2) is 20.4 Å². The number of benzene rings is 2. The number of rotatable bonds is 5. The maximum absolute atomic E-state index is 5.88. The Labute approximate surface area is 124 Å². The van der Waals surface area contributed by atoms with Gasteiger partial charge in [0.25, 0.3) is 0 Å². The van der Waals surface area contributed by atoms with Crippen molar-refractivity contribution in [1.29, 1.82) is 0 Å². The van der Waals surface area contributed by atoms with Crippen LogP contribution in [0.2, 0.25) is 0 Å². The predicted octanol–water partition coefficient (Wildman–Crippen LogP) is 3.06. The quantitative estimate of drug-likeness (QED) is 0.916. The van der Waals surface area contributed by atoms with Crippen molar-refractivity contribution in [2.45, 2.75) is 13.0 Å². The molecule has 1 atom stereocenters. The van der Waals surface area contributed by atoms with Gasteiger partial charge in [0, 0.05) is 0 Å². The van der Waals surface area contributed by atoms with E-state index in [9.17, 15) is 0 Å². The van der Waals surface area contributed by atoms with Crippen LogP contribution in [0.4, 0.5) is 0 Å². The first-order valence-electron chi connectivity index (χ1n) is 7.02. The van der Waals surface area contributed by atoms with Gasteiger partial charge in [0.2, 0.25) is 6.79 Å². The summed E-state index contributed by atoms with van der Waals surface area (Å²) >= 11 is 0. The second kappa shape index (κ2) is 6.06. The zero-order valence-electron chi connectivity index (χ0n) is 12.3. The van der Waals surface area contributed by atoms with E-state index >= 15 is 0 Å². The zero-order valence-corrected chi connectivity index (χ0v) is 12.3. The molecule has 0 saturated carbocycles. The first kappa shape index (κ1) is 13.8. The number of ether oxygens (including phenoxy) is 3. The molecule has 2 aromatic carbocycles. The van der Waals surface area contributed by atoms with E-state index in [1.165, 1.54) is 5.56 Å². The maximum Gasteiger partial charge on any atom is 0.231 e. The summed E-state index contributed by atoms with van der Waals surface area (Å²) in [6, 6.07) is 14.1. The molecule has 1 aliphatic heterocycles. The average molecular weight is 285 g/mol. The summed E-state index contributed by atoms with van der Waals surface area (Å²) in [4.78, 5) is 0. The molecular formula is C17H19NO3. The van der Waals surface area contributed by atoms with Crippen LogP contribution in [0.25, 0.3) is 0 Å². The van der Waals surface area contributed by atoms with E-state index in [0.717, 1.165) is 22.8 Å². The molecule has 0 spiro atoms. The summed E-state index contributed by atoms with van der Waals surface area (Å²) in [6.07, 6.45) is 0. The smallest absolute Gasteiger partial charge is 0.231 e. The number of aryl methyl sites for hydroxylation is 1. The SMILES string of the molecule is CNC(COc1cccc(C)c1)c1ccc2c(c1)OCO2. The lowest BCUT2D eigenvalue weighted by atomic mass is 10.1. The fourth-order valence-corrected chi connectivity index (χ4v) is 2.36. The molecule has 0 radical (unpaired) electrons. The standard InChI is InChI=1S/C17H19NO3/c1-12-4-3-5-14(8-12)19-10-15(18-2)13-6-7-16-17(9-13)21-11-20-16/h3-9,15,18H,10-11H2,1-2H3. The second-order valence-electron chi connectivity index (χ2n) is 5.08. The molecule has 0 amide bonds. The maximum atomic E-state index is 5.88. The largest absolute Gasteiger partial charge is 0.492 e. The van der Waals surface area contributed by atoms with Gasteiger partial charge in [-0.2, -0.15) is 0 Å². The van der Waals surface area contributed by atoms with Gasteiger partial charge in [-0.3, -0.25) is 0 Å². The molecule has 21 heavy (non-hydrogen) atoms. The first-order valence-corrected chi connectivity index (χ1v) is 7.02. The summed E-state index contributed by atoms with van der Waals surface area (Å²) in [5.74, 6) is 2.48. The van der Waals surface area contributed by atoms with Gasteiger partial charge >= 0.3 is 0 Å². The van der Waals surface area contributed by atoms with Gasteiger partial charge in [-0.05, 0) is 49.4 Å². The van der Waals surface area contributed by atoms with Crippen LogP contribution in [0.3, 0.4) is 0 Å². The van der Waals surface area contributed by atoms with Crippen molar-refractivity contribution in [1.82, 2.24) is 5.32 Å². The molecular weight excluding hydrogens is 266 g/mol. The minimum atomic E-state index is 0.0972.